The zero-order valence-electron chi connectivity index (χ0n) is 8.70. The lowest BCUT2D eigenvalue weighted by atomic mass is 10.0. The molecule has 0 aliphatic rings. The van der Waals surface area contributed by atoms with Crippen LogP contribution in [0, 0.1) is 0 Å². The highest BCUT2D eigenvalue weighted by atomic mass is 15.2. The topological polar surface area (TPSA) is 67.6 Å². The number of nitrogens with one attached hydrogen (secondary N) is 1. The highest BCUT2D eigenvalue weighted by Crippen LogP contribution is 2.15. The third kappa shape index (κ3) is 2.28. The maximum Gasteiger partial charge on any atom is 0.153 e. The van der Waals surface area contributed by atoms with Crippen molar-refractivity contribution in [2.24, 2.45) is 5.73 Å². The summed E-state index contributed by atoms with van der Waals surface area (Å²) in [7, 11) is 0. The van der Waals surface area contributed by atoms with Crippen LogP contribution in [0.2, 0.25) is 0 Å². The number of aromatic nitrogens is 3. The summed E-state index contributed by atoms with van der Waals surface area (Å²) in [5.41, 5.74) is 5.77. The van der Waals surface area contributed by atoms with E-state index in [0.29, 0.717) is 5.92 Å². The van der Waals surface area contributed by atoms with E-state index in [0.717, 1.165) is 11.6 Å². The molecule has 0 aliphatic carbocycles. The fraction of sp³-hybridized carbons (Fsp3) is 0.778. The van der Waals surface area contributed by atoms with Crippen LogP contribution in [-0.2, 0) is 0 Å². The molecule has 0 radical (unpaired) electrons. The molecule has 2 atom stereocenters. The second-order valence-electron chi connectivity index (χ2n) is 3.88. The van der Waals surface area contributed by atoms with E-state index >= 15 is 0 Å². The Kier molecular flexibility index (Phi) is 3.03. The minimum Gasteiger partial charge on any atom is -0.327 e. The van der Waals surface area contributed by atoms with Crippen LogP contribution in [0.15, 0.2) is 0 Å². The fourth-order valence-corrected chi connectivity index (χ4v) is 0.999. The van der Waals surface area contributed by atoms with Crippen molar-refractivity contribution >= 4 is 0 Å². The van der Waals surface area contributed by atoms with E-state index in [-0.39, 0.29) is 12.0 Å². The SMILES string of the molecule is CC(C)c1n[nH]c(C(C)C(C)N)n1. The molecule has 0 bridgehead atoms. The first-order valence-electron chi connectivity index (χ1n) is 4.70. The summed E-state index contributed by atoms with van der Waals surface area (Å²) in [6.07, 6.45) is 0. The summed E-state index contributed by atoms with van der Waals surface area (Å²) in [6, 6.07) is 0.105. The molecule has 0 aliphatic heterocycles. The number of nitrogens with two attached hydrogens (primary N) is 1. The van der Waals surface area contributed by atoms with Crippen molar-refractivity contribution in [2.45, 2.75) is 45.6 Å². The predicted molar refractivity (Wildman–Crippen MR) is 52.5 cm³/mol. The number of nitrogens with zero attached hydrogens (tertiary/aromatic N) is 2. The van der Waals surface area contributed by atoms with E-state index in [2.05, 4.69) is 36.0 Å². The van der Waals surface area contributed by atoms with Gasteiger partial charge in [0.1, 0.15) is 5.82 Å². The molecule has 0 saturated heterocycles. The standard InChI is InChI=1S/C9H18N4/c1-5(2)8-11-9(13-12-8)6(3)7(4)10/h5-7H,10H2,1-4H3,(H,11,12,13). The van der Waals surface area contributed by atoms with Crippen LogP contribution in [0.5, 0.6) is 0 Å². The lowest BCUT2D eigenvalue weighted by molar-refractivity contribution is 0.582. The normalized spacial score (nSPS) is 16.2. The van der Waals surface area contributed by atoms with Crippen LogP contribution < -0.4 is 5.73 Å². The minimum atomic E-state index is 0.105. The molecule has 3 N–H and O–H groups in total. The summed E-state index contributed by atoms with van der Waals surface area (Å²) in [6.45, 7) is 8.17. The molecule has 0 fully saturated rings. The highest BCUT2D eigenvalue weighted by Gasteiger charge is 2.15. The lowest BCUT2D eigenvalue weighted by Gasteiger charge is -2.11. The Balaban J connectivity index is 2.79. The minimum absolute atomic E-state index is 0.105. The van der Waals surface area contributed by atoms with Crippen LogP contribution in [0.3, 0.4) is 0 Å². The maximum absolute atomic E-state index is 5.77. The van der Waals surface area contributed by atoms with Gasteiger partial charge in [0.2, 0.25) is 0 Å². The van der Waals surface area contributed by atoms with Crippen LogP contribution in [-0.4, -0.2) is 21.2 Å². The molecule has 1 aromatic rings. The summed E-state index contributed by atoms with van der Waals surface area (Å²) >= 11 is 0. The van der Waals surface area contributed by atoms with E-state index in [9.17, 15) is 0 Å². The van der Waals surface area contributed by atoms with Gasteiger partial charge in [0.05, 0.1) is 0 Å². The van der Waals surface area contributed by atoms with Crippen molar-refractivity contribution in [3.05, 3.63) is 11.6 Å². The van der Waals surface area contributed by atoms with Gasteiger partial charge in [-0.05, 0) is 6.92 Å². The molecule has 1 rings (SSSR count). The smallest absolute Gasteiger partial charge is 0.153 e. The molecule has 74 valence electrons. The molecule has 2 unspecified atom stereocenters. The van der Waals surface area contributed by atoms with Gasteiger partial charge in [0.25, 0.3) is 0 Å². The Morgan fingerprint density at radius 3 is 2.23 bits per heavy atom. The largest absolute Gasteiger partial charge is 0.327 e. The monoisotopic (exact) mass is 182 g/mol. The first-order valence-corrected chi connectivity index (χ1v) is 4.70. The Bertz CT molecular complexity index is 264. The van der Waals surface area contributed by atoms with Gasteiger partial charge in [-0.1, -0.05) is 20.8 Å². The van der Waals surface area contributed by atoms with Gasteiger partial charge in [0, 0.05) is 17.9 Å². The molecule has 4 nitrogen and oxygen atoms in total. The van der Waals surface area contributed by atoms with E-state index in [4.69, 9.17) is 5.73 Å². The Labute approximate surface area is 78.9 Å². The summed E-state index contributed by atoms with van der Waals surface area (Å²) in [5.74, 6) is 2.35. The third-order valence-corrected chi connectivity index (χ3v) is 2.26. The van der Waals surface area contributed by atoms with Gasteiger partial charge < -0.3 is 5.73 Å². The molecular weight excluding hydrogens is 164 g/mol. The first kappa shape index (κ1) is 10.2. The summed E-state index contributed by atoms with van der Waals surface area (Å²) in [4.78, 5) is 4.38. The number of aromatic amines is 1. The second-order valence-corrected chi connectivity index (χ2v) is 3.88. The number of H-pyrrole nitrogens is 1. The van der Waals surface area contributed by atoms with E-state index < -0.39 is 0 Å². The Morgan fingerprint density at radius 1 is 1.23 bits per heavy atom. The number of hydrogen-bond donors (Lipinski definition) is 2. The number of rotatable bonds is 3. The fourth-order valence-electron chi connectivity index (χ4n) is 0.999. The Morgan fingerprint density at radius 2 is 1.85 bits per heavy atom. The van der Waals surface area contributed by atoms with Crippen LogP contribution >= 0.6 is 0 Å². The van der Waals surface area contributed by atoms with Gasteiger partial charge in [-0.15, -0.1) is 0 Å². The highest BCUT2D eigenvalue weighted by molar-refractivity contribution is 5.01. The molecule has 13 heavy (non-hydrogen) atoms. The van der Waals surface area contributed by atoms with Gasteiger partial charge in [-0.2, -0.15) is 5.10 Å². The van der Waals surface area contributed by atoms with Crippen molar-refractivity contribution in [1.29, 1.82) is 0 Å². The summed E-state index contributed by atoms with van der Waals surface area (Å²) in [5, 5.41) is 7.05. The summed E-state index contributed by atoms with van der Waals surface area (Å²) < 4.78 is 0. The zero-order valence-corrected chi connectivity index (χ0v) is 8.70. The quantitative estimate of drug-likeness (QED) is 0.742. The molecule has 0 saturated carbocycles. The Hall–Kier alpha value is -0.900. The van der Waals surface area contributed by atoms with Gasteiger partial charge in [-0.3, -0.25) is 5.10 Å². The molecule has 1 heterocycles. The van der Waals surface area contributed by atoms with Gasteiger partial charge >= 0.3 is 0 Å². The molecule has 0 spiro atoms. The molecule has 4 heteroatoms. The van der Waals surface area contributed by atoms with E-state index in [1.54, 1.807) is 0 Å². The lowest BCUT2D eigenvalue weighted by Crippen LogP contribution is -2.23. The van der Waals surface area contributed by atoms with Crippen molar-refractivity contribution in [3.63, 3.8) is 0 Å². The molecule has 1 aromatic heterocycles. The van der Waals surface area contributed by atoms with Crippen LogP contribution in [0.4, 0.5) is 0 Å². The van der Waals surface area contributed by atoms with Crippen molar-refractivity contribution in [2.75, 3.05) is 0 Å². The third-order valence-electron chi connectivity index (χ3n) is 2.26. The zero-order chi connectivity index (χ0) is 10.0. The average Bonchev–Trinajstić information content (AvgIpc) is 2.50. The van der Waals surface area contributed by atoms with Crippen LogP contribution in [0.1, 0.15) is 51.2 Å². The molecule has 0 amide bonds. The maximum atomic E-state index is 5.77. The van der Waals surface area contributed by atoms with Gasteiger partial charge in [0.15, 0.2) is 5.82 Å². The first-order chi connectivity index (χ1) is 6.02. The molecular formula is C9H18N4. The van der Waals surface area contributed by atoms with Gasteiger partial charge in [-0.25, -0.2) is 4.98 Å². The molecule has 0 aromatic carbocycles. The van der Waals surface area contributed by atoms with Crippen molar-refractivity contribution in [3.8, 4) is 0 Å². The van der Waals surface area contributed by atoms with E-state index in [1.165, 1.54) is 0 Å². The van der Waals surface area contributed by atoms with Crippen LogP contribution in [0.25, 0.3) is 0 Å². The second kappa shape index (κ2) is 3.87. The average molecular weight is 182 g/mol. The van der Waals surface area contributed by atoms with E-state index in [1.807, 2.05) is 6.92 Å². The number of hydrogen-bond acceptors (Lipinski definition) is 3. The predicted octanol–water partition coefficient (Wildman–Crippen LogP) is 1.38. The van der Waals surface area contributed by atoms with Crippen molar-refractivity contribution in [1.82, 2.24) is 15.2 Å². The van der Waals surface area contributed by atoms with Crippen molar-refractivity contribution < 1.29 is 0 Å².